The first kappa shape index (κ1) is 12.7. The Morgan fingerprint density at radius 1 is 1.54 bits per heavy atom. The van der Waals surface area contributed by atoms with Crippen LogP contribution in [0.2, 0.25) is 0 Å². The van der Waals surface area contributed by atoms with Gasteiger partial charge in [-0.2, -0.15) is 0 Å². The molecule has 0 amide bonds. The second kappa shape index (κ2) is 5.45. The molecule has 1 heterocycles. The molecule has 78 valence electrons. The Balaban J connectivity index is 0.00000144. The lowest BCUT2D eigenvalue weighted by Crippen LogP contribution is -2.36. The van der Waals surface area contributed by atoms with Gasteiger partial charge in [-0.25, -0.2) is 0 Å². The van der Waals surface area contributed by atoms with Crippen molar-refractivity contribution in [3.05, 3.63) is 0 Å². The number of carbonyl (C=O) groups excluding carboxylic acids is 1. The minimum Gasteiger partial charge on any atom is -0.469 e. The number of nitrogens with one attached hydrogen (secondary N) is 1. The Hall–Kier alpha value is -0.280. The lowest BCUT2D eigenvalue weighted by molar-refractivity contribution is -0.146. The molecular weight excluding hydrogens is 190 g/mol. The standard InChI is InChI=1S/C9H17NO2.ClH/c1-6(2)8-7(4-5-10-8)9(11)12-3;/h6-8,10H,4-5H2,1-3H3;1H. The first-order chi connectivity index (χ1) is 5.66. The van der Waals surface area contributed by atoms with Crippen molar-refractivity contribution < 1.29 is 9.53 Å². The molecule has 3 nitrogen and oxygen atoms in total. The topological polar surface area (TPSA) is 38.3 Å². The minimum absolute atomic E-state index is 0. The second-order valence-corrected chi connectivity index (χ2v) is 3.64. The fraction of sp³-hybridized carbons (Fsp3) is 0.889. The summed E-state index contributed by atoms with van der Waals surface area (Å²) in [6.07, 6.45) is 0.912. The molecule has 1 aliphatic rings. The highest BCUT2D eigenvalue weighted by atomic mass is 35.5. The summed E-state index contributed by atoms with van der Waals surface area (Å²) in [5.41, 5.74) is 0. The molecule has 4 heteroatoms. The van der Waals surface area contributed by atoms with E-state index in [2.05, 4.69) is 19.2 Å². The van der Waals surface area contributed by atoms with E-state index in [9.17, 15) is 4.79 Å². The van der Waals surface area contributed by atoms with Gasteiger partial charge in [0.05, 0.1) is 13.0 Å². The normalized spacial score (nSPS) is 27.1. The van der Waals surface area contributed by atoms with Crippen molar-refractivity contribution in [2.24, 2.45) is 11.8 Å². The molecule has 0 aromatic heterocycles. The van der Waals surface area contributed by atoms with Gasteiger partial charge in [-0.15, -0.1) is 12.4 Å². The van der Waals surface area contributed by atoms with Gasteiger partial charge in [0.2, 0.25) is 0 Å². The van der Waals surface area contributed by atoms with E-state index in [1.165, 1.54) is 7.11 Å². The first-order valence-corrected chi connectivity index (χ1v) is 4.48. The summed E-state index contributed by atoms with van der Waals surface area (Å²) < 4.78 is 4.74. The SMILES string of the molecule is COC(=O)C1CCNC1C(C)C.Cl. The van der Waals surface area contributed by atoms with E-state index in [4.69, 9.17) is 4.74 Å². The lowest BCUT2D eigenvalue weighted by Gasteiger charge is -2.20. The number of halogens is 1. The van der Waals surface area contributed by atoms with Crippen LogP contribution in [0.1, 0.15) is 20.3 Å². The largest absolute Gasteiger partial charge is 0.469 e. The van der Waals surface area contributed by atoms with Gasteiger partial charge in [0.15, 0.2) is 0 Å². The third-order valence-corrected chi connectivity index (χ3v) is 2.49. The van der Waals surface area contributed by atoms with Crippen LogP contribution in [-0.4, -0.2) is 25.7 Å². The van der Waals surface area contributed by atoms with E-state index in [-0.39, 0.29) is 24.3 Å². The van der Waals surface area contributed by atoms with Gasteiger partial charge < -0.3 is 10.1 Å². The third kappa shape index (κ3) is 2.85. The number of methoxy groups -OCH3 is 1. The van der Waals surface area contributed by atoms with E-state index >= 15 is 0 Å². The van der Waals surface area contributed by atoms with Crippen LogP contribution in [0.3, 0.4) is 0 Å². The Kier molecular flexibility index (Phi) is 5.33. The van der Waals surface area contributed by atoms with Gasteiger partial charge in [-0.05, 0) is 18.9 Å². The van der Waals surface area contributed by atoms with Crippen LogP contribution in [0.15, 0.2) is 0 Å². The Morgan fingerprint density at radius 3 is 2.62 bits per heavy atom. The molecule has 0 radical (unpaired) electrons. The molecule has 1 fully saturated rings. The lowest BCUT2D eigenvalue weighted by atomic mass is 9.92. The maximum Gasteiger partial charge on any atom is 0.310 e. The second-order valence-electron chi connectivity index (χ2n) is 3.64. The van der Waals surface area contributed by atoms with E-state index in [0.29, 0.717) is 12.0 Å². The molecule has 0 aromatic rings. The average Bonchev–Trinajstić information content (AvgIpc) is 2.50. The number of hydrogen-bond donors (Lipinski definition) is 1. The predicted octanol–water partition coefficient (Wildman–Crippen LogP) is 1.22. The van der Waals surface area contributed by atoms with E-state index in [1.807, 2.05) is 0 Å². The number of carbonyl (C=O) groups is 1. The van der Waals surface area contributed by atoms with Gasteiger partial charge in [-0.3, -0.25) is 4.79 Å². The third-order valence-electron chi connectivity index (χ3n) is 2.49. The summed E-state index contributed by atoms with van der Waals surface area (Å²) in [6.45, 7) is 5.18. The summed E-state index contributed by atoms with van der Waals surface area (Å²) in [5, 5.41) is 3.32. The molecule has 0 aliphatic carbocycles. The highest BCUT2D eigenvalue weighted by molar-refractivity contribution is 5.85. The number of hydrogen-bond acceptors (Lipinski definition) is 3. The van der Waals surface area contributed by atoms with Crippen molar-refractivity contribution in [1.82, 2.24) is 5.32 Å². The molecule has 2 atom stereocenters. The van der Waals surface area contributed by atoms with Gasteiger partial charge in [0, 0.05) is 6.04 Å². The molecule has 13 heavy (non-hydrogen) atoms. The van der Waals surface area contributed by atoms with Crippen LogP contribution in [-0.2, 0) is 9.53 Å². The van der Waals surface area contributed by atoms with E-state index in [1.54, 1.807) is 0 Å². The zero-order valence-electron chi connectivity index (χ0n) is 8.37. The molecule has 1 saturated heterocycles. The summed E-state index contributed by atoms with van der Waals surface area (Å²) >= 11 is 0. The molecule has 0 aromatic carbocycles. The van der Waals surface area contributed by atoms with E-state index in [0.717, 1.165) is 13.0 Å². The molecule has 0 saturated carbocycles. The highest BCUT2D eigenvalue weighted by Gasteiger charge is 2.34. The van der Waals surface area contributed by atoms with Crippen molar-refractivity contribution in [2.45, 2.75) is 26.3 Å². The minimum atomic E-state index is -0.0706. The Morgan fingerprint density at radius 2 is 2.15 bits per heavy atom. The number of ether oxygens (including phenoxy) is 1. The van der Waals surface area contributed by atoms with Gasteiger partial charge >= 0.3 is 5.97 Å². The summed E-state index contributed by atoms with van der Waals surface area (Å²) in [4.78, 5) is 11.3. The van der Waals surface area contributed by atoms with Gasteiger partial charge in [0.25, 0.3) is 0 Å². The zero-order valence-corrected chi connectivity index (χ0v) is 9.19. The molecule has 2 unspecified atom stereocenters. The highest BCUT2D eigenvalue weighted by Crippen LogP contribution is 2.22. The predicted molar refractivity (Wildman–Crippen MR) is 54.0 cm³/mol. The van der Waals surface area contributed by atoms with Crippen molar-refractivity contribution in [2.75, 3.05) is 13.7 Å². The summed E-state index contributed by atoms with van der Waals surface area (Å²) in [6, 6.07) is 0.303. The van der Waals surface area contributed by atoms with Crippen molar-refractivity contribution in [1.29, 1.82) is 0 Å². The van der Waals surface area contributed by atoms with Crippen molar-refractivity contribution in [3.8, 4) is 0 Å². The van der Waals surface area contributed by atoms with Crippen LogP contribution in [0.4, 0.5) is 0 Å². The van der Waals surface area contributed by atoms with Crippen molar-refractivity contribution in [3.63, 3.8) is 0 Å². The molecular formula is C9H18ClNO2. The Labute approximate surface area is 85.6 Å². The molecule has 0 spiro atoms. The molecule has 1 aliphatic heterocycles. The van der Waals surface area contributed by atoms with Crippen molar-refractivity contribution >= 4 is 18.4 Å². The van der Waals surface area contributed by atoms with Gasteiger partial charge in [-0.1, -0.05) is 13.8 Å². The van der Waals surface area contributed by atoms with Crippen LogP contribution >= 0.6 is 12.4 Å². The smallest absolute Gasteiger partial charge is 0.310 e. The van der Waals surface area contributed by atoms with Crippen LogP contribution in [0.25, 0.3) is 0 Å². The maximum atomic E-state index is 11.3. The van der Waals surface area contributed by atoms with Gasteiger partial charge in [0.1, 0.15) is 0 Å². The quantitative estimate of drug-likeness (QED) is 0.692. The maximum absolute atomic E-state index is 11.3. The van der Waals surface area contributed by atoms with Crippen LogP contribution in [0, 0.1) is 11.8 Å². The van der Waals surface area contributed by atoms with Crippen LogP contribution in [0.5, 0.6) is 0 Å². The van der Waals surface area contributed by atoms with E-state index < -0.39 is 0 Å². The summed E-state index contributed by atoms with van der Waals surface area (Å²) in [7, 11) is 1.46. The first-order valence-electron chi connectivity index (χ1n) is 4.48. The molecule has 1 N–H and O–H groups in total. The monoisotopic (exact) mass is 207 g/mol. The molecule has 0 bridgehead atoms. The fourth-order valence-electron chi connectivity index (χ4n) is 1.84. The zero-order chi connectivity index (χ0) is 9.14. The number of rotatable bonds is 2. The number of esters is 1. The Bertz CT molecular complexity index is 173. The average molecular weight is 208 g/mol. The molecule has 1 rings (SSSR count). The van der Waals surface area contributed by atoms with Crippen LogP contribution < -0.4 is 5.32 Å². The fourth-order valence-corrected chi connectivity index (χ4v) is 1.84. The summed E-state index contributed by atoms with van der Waals surface area (Å²) in [5.74, 6) is 0.491.